The summed E-state index contributed by atoms with van der Waals surface area (Å²) in [4.78, 5) is 29.6. The first-order valence-electron chi connectivity index (χ1n) is 9.77. The van der Waals surface area contributed by atoms with Crippen LogP contribution in [0.25, 0.3) is 10.4 Å². The Hall–Kier alpha value is -3.27. The summed E-state index contributed by atoms with van der Waals surface area (Å²) in [7, 11) is 0. The predicted octanol–water partition coefficient (Wildman–Crippen LogP) is 2.16. The van der Waals surface area contributed by atoms with Crippen molar-refractivity contribution in [2.45, 2.75) is 36.9 Å². The van der Waals surface area contributed by atoms with Crippen molar-refractivity contribution in [2.75, 3.05) is 6.61 Å². The van der Waals surface area contributed by atoms with Crippen LogP contribution >= 0.6 is 0 Å². The van der Waals surface area contributed by atoms with Gasteiger partial charge < -0.3 is 19.3 Å². The van der Waals surface area contributed by atoms with E-state index in [1.54, 1.807) is 12.1 Å². The number of carbonyl (C=O) groups is 2. The number of fused-ring (bicyclic) bond motifs is 2. The number of nitrogens with zero attached hydrogens (tertiary/aromatic N) is 4. The van der Waals surface area contributed by atoms with Crippen LogP contribution in [0.5, 0.6) is 0 Å². The molecule has 0 aromatic heterocycles. The quantitative estimate of drug-likeness (QED) is 0.349. The molecule has 0 spiro atoms. The molecule has 3 heterocycles. The van der Waals surface area contributed by atoms with Gasteiger partial charge in [-0.05, 0) is 17.7 Å². The summed E-state index contributed by atoms with van der Waals surface area (Å²) in [6, 6.07) is 14.3. The van der Waals surface area contributed by atoms with Crippen molar-refractivity contribution in [1.82, 2.24) is 4.90 Å². The Bertz CT molecular complexity index is 1040. The fraction of sp³-hybridized carbons (Fsp3) is 0.333. The Kier molecular flexibility index (Phi) is 4.93. The number of azide groups is 1. The fourth-order valence-electron chi connectivity index (χ4n) is 4.28. The lowest BCUT2D eigenvalue weighted by Gasteiger charge is -2.48. The summed E-state index contributed by atoms with van der Waals surface area (Å²) in [5, 5.41) is 14.8. The van der Waals surface area contributed by atoms with Crippen molar-refractivity contribution < 1.29 is 28.9 Å². The van der Waals surface area contributed by atoms with Gasteiger partial charge in [-0.15, -0.1) is 0 Å². The van der Waals surface area contributed by atoms with Crippen molar-refractivity contribution in [2.24, 2.45) is 5.11 Å². The highest BCUT2D eigenvalue weighted by Gasteiger charge is 2.55. The summed E-state index contributed by atoms with van der Waals surface area (Å²) in [6.07, 6.45) is -5.04. The Labute approximate surface area is 176 Å². The van der Waals surface area contributed by atoms with Gasteiger partial charge in [0.15, 0.2) is 12.5 Å². The van der Waals surface area contributed by atoms with E-state index in [9.17, 15) is 14.7 Å². The van der Waals surface area contributed by atoms with Gasteiger partial charge >= 0.3 is 0 Å². The summed E-state index contributed by atoms with van der Waals surface area (Å²) < 4.78 is 17.5. The van der Waals surface area contributed by atoms with Crippen molar-refractivity contribution in [3.63, 3.8) is 0 Å². The van der Waals surface area contributed by atoms with E-state index in [0.29, 0.717) is 0 Å². The number of hydrogen-bond acceptors (Lipinski definition) is 7. The molecule has 10 heteroatoms. The number of imide groups is 1. The maximum Gasteiger partial charge on any atom is 0.261 e. The van der Waals surface area contributed by atoms with Gasteiger partial charge in [0, 0.05) is 10.5 Å². The highest BCUT2D eigenvalue weighted by atomic mass is 16.7. The van der Waals surface area contributed by atoms with E-state index in [2.05, 4.69) is 10.0 Å². The zero-order valence-corrected chi connectivity index (χ0v) is 16.1. The summed E-state index contributed by atoms with van der Waals surface area (Å²) in [5.41, 5.74) is 10.2. The molecule has 3 aliphatic rings. The van der Waals surface area contributed by atoms with E-state index in [-0.39, 0.29) is 17.7 Å². The number of ether oxygens (including phenoxy) is 3. The van der Waals surface area contributed by atoms with Crippen LogP contribution in [0.15, 0.2) is 59.7 Å². The molecule has 0 aliphatic carbocycles. The molecule has 0 bridgehead atoms. The van der Waals surface area contributed by atoms with Gasteiger partial charge in [0.2, 0.25) is 0 Å². The van der Waals surface area contributed by atoms with Gasteiger partial charge in [-0.25, -0.2) is 0 Å². The first kappa shape index (κ1) is 19.7. The molecule has 158 valence electrons. The van der Waals surface area contributed by atoms with Crippen LogP contribution in [0.4, 0.5) is 0 Å². The van der Waals surface area contributed by atoms with Crippen LogP contribution in [0, 0.1) is 0 Å². The number of carbonyl (C=O) groups excluding carboxylic acids is 2. The van der Waals surface area contributed by atoms with Crippen molar-refractivity contribution in [3.05, 3.63) is 81.7 Å². The van der Waals surface area contributed by atoms with Crippen molar-refractivity contribution in [1.29, 1.82) is 0 Å². The van der Waals surface area contributed by atoms with Gasteiger partial charge in [-0.1, -0.05) is 47.6 Å². The Morgan fingerprint density at radius 1 is 1.00 bits per heavy atom. The lowest BCUT2D eigenvalue weighted by molar-refractivity contribution is -0.318. The van der Waals surface area contributed by atoms with E-state index in [4.69, 9.17) is 19.7 Å². The zero-order valence-electron chi connectivity index (χ0n) is 16.1. The maximum atomic E-state index is 13.0. The van der Waals surface area contributed by atoms with Gasteiger partial charge in [0.25, 0.3) is 11.8 Å². The van der Waals surface area contributed by atoms with Gasteiger partial charge in [0.05, 0.1) is 17.7 Å². The lowest BCUT2D eigenvalue weighted by atomic mass is 9.94. The van der Waals surface area contributed by atoms with Gasteiger partial charge in [-0.3, -0.25) is 14.5 Å². The van der Waals surface area contributed by atoms with E-state index in [0.717, 1.165) is 10.5 Å². The number of amides is 2. The highest BCUT2D eigenvalue weighted by Crippen LogP contribution is 2.38. The molecule has 31 heavy (non-hydrogen) atoms. The Balaban J connectivity index is 1.47. The number of aliphatic hydroxyl groups excluding tert-OH is 1. The second-order valence-electron chi connectivity index (χ2n) is 7.45. The molecule has 5 rings (SSSR count). The fourth-order valence-corrected chi connectivity index (χ4v) is 4.28. The van der Waals surface area contributed by atoms with E-state index < -0.39 is 48.7 Å². The van der Waals surface area contributed by atoms with E-state index >= 15 is 0 Å². The number of aliphatic hydroxyl groups is 1. The third kappa shape index (κ3) is 3.18. The Morgan fingerprint density at radius 3 is 2.29 bits per heavy atom. The third-order valence-corrected chi connectivity index (χ3v) is 5.71. The lowest BCUT2D eigenvalue weighted by Crippen LogP contribution is -2.66. The smallest absolute Gasteiger partial charge is 0.261 e. The molecule has 1 unspecified atom stereocenters. The van der Waals surface area contributed by atoms with Gasteiger partial charge in [0.1, 0.15) is 24.4 Å². The van der Waals surface area contributed by atoms with Crippen LogP contribution in [-0.2, 0) is 14.2 Å². The zero-order chi connectivity index (χ0) is 21.5. The van der Waals surface area contributed by atoms with E-state index in [1.165, 1.54) is 12.1 Å². The minimum absolute atomic E-state index is 0.0770. The predicted molar refractivity (Wildman–Crippen MR) is 105 cm³/mol. The molecule has 2 amide bonds. The first-order chi connectivity index (χ1) is 15.1. The molecule has 6 atom stereocenters. The van der Waals surface area contributed by atoms with E-state index in [1.807, 2.05) is 30.3 Å². The topological polar surface area (TPSA) is 134 Å². The number of benzene rings is 2. The molecular weight excluding hydrogens is 404 g/mol. The molecule has 3 aliphatic heterocycles. The SMILES string of the molecule is [N-]=[N+]=N[C@@H]1O[C@@H]2COC(c3ccccc3)O[C@H]2[C@H](O)[C@H]1N1C(=O)c2ccccc2C1=O. The first-order valence-corrected chi connectivity index (χ1v) is 9.77. The molecule has 2 fully saturated rings. The molecular formula is C21H18N4O6. The number of rotatable bonds is 3. The molecule has 0 saturated carbocycles. The van der Waals surface area contributed by atoms with Crippen molar-refractivity contribution in [3.8, 4) is 0 Å². The molecule has 0 radical (unpaired) electrons. The minimum Gasteiger partial charge on any atom is -0.388 e. The van der Waals surface area contributed by atoms with Crippen LogP contribution in [-0.4, -0.2) is 59.0 Å². The average Bonchev–Trinajstić information content (AvgIpc) is 3.05. The Morgan fingerprint density at radius 2 is 1.65 bits per heavy atom. The monoisotopic (exact) mass is 422 g/mol. The summed E-state index contributed by atoms with van der Waals surface area (Å²) in [6.45, 7) is 0.0770. The van der Waals surface area contributed by atoms with Gasteiger partial charge in [-0.2, -0.15) is 0 Å². The number of hydrogen-bond donors (Lipinski definition) is 1. The van der Waals surface area contributed by atoms with Crippen LogP contribution in [0.3, 0.4) is 0 Å². The molecule has 2 aromatic rings. The molecule has 10 nitrogen and oxygen atoms in total. The second-order valence-corrected chi connectivity index (χ2v) is 7.45. The minimum atomic E-state index is -1.36. The largest absolute Gasteiger partial charge is 0.388 e. The normalized spacial score (nSPS) is 32.2. The second kappa shape index (κ2) is 7.77. The third-order valence-electron chi connectivity index (χ3n) is 5.71. The van der Waals surface area contributed by atoms with Crippen molar-refractivity contribution >= 4 is 11.8 Å². The average molecular weight is 422 g/mol. The molecule has 2 aromatic carbocycles. The molecule has 2 saturated heterocycles. The summed E-state index contributed by atoms with van der Waals surface area (Å²) >= 11 is 0. The van der Waals surface area contributed by atoms with Crippen LogP contribution in [0.1, 0.15) is 32.6 Å². The molecule has 1 N–H and O–H groups in total. The van der Waals surface area contributed by atoms with Crippen LogP contribution < -0.4 is 0 Å². The highest BCUT2D eigenvalue weighted by molar-refractivity contribution is 6.21. The standard InChI is InChI=1S/C21H18N4O6/c22-24-23-18-15(25-19(27)12-8-4-5-9-13(12)20(25)28)16(26)17-14(30-18)10-29-21(31-17)11-6-2-1-3-7-11/h1-9,14-18,21,26H,10H2/t14-,15-,16-,17-,18-,21?/m1/s1. The summed E-state index contributed by atoms with van der Waals surface area (Å²) in [5.74, 6) is -1.17. The van der Waals surface area contributed by atoms with Crippen LogP contribution in [0.2, 0.25) is 0 Å². The maximum absolute atomic E-state index is 13.0.